The zero-order valence-corrected chi connectivity index (χ0v) is 16.5. The molecule has 0 radical (unpaired) electrons. The van der Waals surface area contributed by atoms with Crippen LogP contribution in [-0.4, -0.2) is 27.4 Å². The molecule has 0 fully saturated rings. The number of sulfonamides is 1. The maximum Gasteiger partial charge on any atom is 0.264 e. The van der Waals surface area contributed by atoms with Gasteiger partial charge in [-0.2, -0.15) is 0 Å². The van der Waals surface area contributed by atoms with E-state index in [9.17, 15) is 13.2 Å². The minimum atomic E-state index is -3.73. The summed E-state index contributed by atoms with van der Waals surface area (Å²) in [5, 5.41) is 2.71. The van der Waals surface area contributed by atoms with Crippen molar-refractivity contribution in [3.05, 3.63) is 54.6 Å². The van der Waals surface area contributed by atoms with Crippen LogP contribution in [0.5, 0.6) is 0 Å². The number of para-hydroxylation sites is 1. The Labute approximate surface area is 160 Å². The van der Waals surface area contributed by atoms with Gasteiger partial charge in [-0.05, 0) is 37.3 Å². The first-order valence-corrected chi connectivity index (χ1v) is 9.38. The minimum Gasteiger partial charge on any atom is -0.327 e. The second kappa shape index (κ2) is 9.02. The van der Waals surface area contributed by atoms with E-state index < -0.39 is 10.0 Å². The SMILES string of the molecule is CC(N)C(C)C(=O)Nc1cccc(S(=O)(=O)N(C)c2ccccc2)c1.Cl. The van der Waals surface area contributed by atoms with E-state index in [-0.39, 0.29) is 35.2 Å². The highest BCUT2D eigenvalue weighted by Crippen LogP contribution is 2.24. The van der Waals surface area contributed by atoms with Crippen molar-refractivity contribution in [2.75, 3.05) is 16.7 Å². The van der Waals surface area contributed by atoms with Gasteiger partial charge in [-0.3, -0.25) is 9.10 Å². The summed E-state index contributed by atoms with van der Waals surface area (Å²) in [5.74, 6) is -0.631. The molecule has 0 spiro atoms. The molecule has 0 aliphatic carbocycles. The van der Waals surface area contributed by atoms with Crippen LogP contribution in [0.25, 0.3) is 0 Å². The highest BCUT2D eigenvalue weighted by molar-refractivity contribution is 7.92. The third-order valence-corrected chi connectivity index (χ3v) is 5.86. The van der Waals surface area contributed by atoms with Crippen LogP contribution < -0.4 is 15.4 Å². The lowest BCUT2D eigenvalue weighted by Crippen LogP contribution is -2.34. The predicted octanol–water partition coefficient (Wildman–Crippen LogP) is 2.86. The van der Waals surface area contributed by atoms with E-state index in [0.29, 0.717) is 11.4 Å². The molecule has 2 rings (SSSR count). The first kappa shape index (κ1) is 22.0. The van der Waals surface area contributed by atoms with Gasteiger partial charge in [-0.1, -0.05) is 31.2 Å². The average Bonchev–Trinajstić information content (AvgIpc) is 2.61. The van der Waals surface area contributed by atoms with Crippen molar-refractivity contribution in [2.45, 2.75) is 24.8 Å². The molecule has 2 unspecified atom stereocenters. The second-order valence-corrected chi connectivity index (χ2v) is 7.94. The van der Waals surface area contributed by atoms with Gasteiger partial charge in [0.25, 0.3) is 10.0 Å². The summed E-state index contributed by atoms with van der Waals surface area (Å²) in [7, 11) is -2.24. The maximum atomic E-state index is 12.8. The Morgan fingerprint density at radius 1 is 1.08 bits per heavy atom. The van der Waals surface area contributed by atoms with Gasteiger partial charge >= 0.3 is 0 Å². The molecule has 0 bridgehead atoms. The number of nitrogens with zero attached hydrogens (tertiary/aromatic N) is 1. The molecule has 142 valence electrons. The highest BCUT2D eigenvalue weighted by atomic mass is 35.5. The van der Waals surface area contributed by atoms with Crippen LogP contribution in [0.2, 0.25) is 0 Å². The van der Waals surface area contributed by atoms with Crippen LogP contribution in [-0.2, 0) is 14.8 Å². The Morgan fingerprint density at radius 3 is 2.27 bits per heavy atom. The predicted molar refractivity (Wildman–Crippen MR) is 107 cm³/mol. The molecule has 0 saturated carbocycles. The summed E-state index contributed by atoms with van der Waals surface area (Å²) in [6, 6.07) is 14.7. The molecule has 6 nitrogen and oxygen atoms in total. The lowest BCUT2D eigenvalue weighted by atomic mass is 10.0. The summed E-state index contributed by atoms with van der Waals surface area (Å²) in [4.78, 5) is 12.2. The van der Waals surface area contributed by atoms with Gasteiger partial charge in [-0.25, -0.2) is 8.42 Å². The van der Waals surface area contributed by atoms with Crippen molar-refractivity contribution in [3.8, 4) is 0 Å². The number of nitrogens with one attached hydrogen (secondary N) is 1. The molecule has 0 saturated heterocycles. The van der Waals surface area contributed by atoms with E-state index in [1.807, 2.05) is 6.07 Å². The number of rotatable bonds is 6. The number of benzene rings is 2. The van der Waals surface area contributed by atoms with Crippen LogP contribution in [0.4, 0.5) is 11.4 Å². The monoisotopic (exact) mass is 397 g/mol. The number of carbonyl (C=O) groups excluding carboxylic acids is 1. The number of anilines is 2. The quantitative estimate of drug-likeness (QED) is 0.783. The van der Waals surface area contributed by atoms with Gasteiger partial charge in [0.2, 0.25) is 5.91 Å². The first-order valence-electron chi connectivity index (χ1n) is 7.94. The number of nitrogens with two attached hydrogens (primary N) is 1. The Morgan fingerprint density at radius 2 is 1.69 bits per heavy atom. The van der Waals surface area contributed by atoms with Crippen molar-refractivity contribution < 1.29 is 13.2 Å². The van der Waals surface area contributed by atoms with E-state index in [1.165, 1.54) is 23.5 Å². The number of halogens is 1. The highest BCUT2D eigenvalue weighted by Gasteiger charge is 2.22. The third kappa shape index (κ3) is 4.97. The molecule has 2 atom stereocenters. The van der Waals surface area contributed by atoms with Gasteiger partial charge in [-0.15, -0.1) is 12.4 Å². The Hall–Kier alpha value is -2.09. The molecule has 26 heavy (non-hydrogen) atoms. The smallest absolute Gasteiger partial charge is 0.264 e. The number of hydrogen-bond acceptors (Lipinski definition) is 4. The Kier molecular flexibility index (Phi) is 7.62. The van der Waals surface area contributed by atoms with Crippen LogP contribution in [0, 0.1) is 5.92 Å². The summed E-state index contributed by atoms with van der Waals surface area (Å²) in [5.41, 5.74) is 6.70. The Balaban J connectivity index is 0.00000338. The lowest BCUT2D eigenvalue weighted by Gasteiger charge is -2.20. The van der Waals surface area contributed by atoms with Gasteiger partial charge in [0.1, 0.15) is 0 Å². The van der Waals surface area contributed by atoms with Crippen LogP contribution in [0.3, 0.4) is 0 Å². The fraction of sp³-hybridized carbons (Fsp3) is 0.278. The van der Waals surface area contributed by atoms with Crippen molar-refractivity contribution in [1.29, 1.82) is 0 Å². The molecule has 8 heteroatoms. The van der Waals surface area contributed by atoms with Crippen LogP contribution in [0.15, 0.2) is 59.5 Å². The van der Waals surface area contributed by atoms with Crippen molar-refractivity contribution in [3.63, 3.8) is 0 Å². The molecule has 0 heterocycles. The molecule has 0 aliphatic rings. The number of hydrogen-bond donors (Lipinski definition) is 2. The molecule has 2 aromatic carbocycles. The third-order valence-electron chi connectivity index (χ3n) is 4.08. The normalized spacial score (nSPS) is 13.2. The van der Waals surface area contributed by atoms with E-state index in [4.69, 9.17) is 5.73 Å². The maximum absolute atomic E-state index is 12.8. The van der Waals surface area contributed by atoms with E-state index >= 15 is 0 Å². The van der Waals surface area contributed by atoms with Crippen LogP contribution >= 0.6 is 12.4 Å². The summed E-state index contributed by atoms with van der Waals surface area (Å²) < 4.78 is 26.8. The second-order valence-electron chi connectivity index (χ2n) is 5.97. The molecular formula is C18H24ClN3O3S. The van der Waals surface area contributed by atoms with Crippen molar-refractivity contribution >= 4 is 39.7 Å². The Bertz CT molecular complexity index is 842. The zero-order chi connectivity index (χ0) is 18.6. The van der Waals surface area contributed by atoms with Gasteiger partial charge < -0.3 is 11.1 Å². The molecular weight excluding hydrogens is 374 g/mol. The molecule has 1 amide bonds. The average molecular weight is 398 g/mol. The van der Waals surface area contributed by atoms with Crippen molar-refractivity contribution in [1.82, 2.24) is 0 Å². The van der Waals surface area contributed by atoms with Gasteiger partial charge in [0.05, 0.1) is 16.5 Å². The fourth-order valence-corrected chi connectivity index (χ4v) is 3.41. The summed E-state index contributed by atoms with van der Waals surface area (Å²) in [6.07, 6.45) is 0. The summed E-state index contributed by atoms with van der Waals surface area (Å²) in [6.45, 7) is 3.48. The molecule has 0 aliphatic heterocycles. The molecule has 3 N–H and O–H groups in total. The largest absolute Gasteiger partial charge is 0.327 e. The topological polar surface area (TPSA) is 92.5 Å². The first-order chi connectivity index (χ1) is 11.7. The van der Waals surface area contributed by atoms with Crippen LogP contribution in [0.1, 0.15) is 13.8 Å². The lowest BCUT2D eigenvalue weighted by molar-refractivity contribution is -0.119. The molecule has 2 aromatic rings. The van der Waals surface area contributed by atoms with Crippen molar-refractivity contribution in [2.24, 2.45) is 11.7 Å². The van der Waals surface area contributed by atoms with Gasteiger partial charge in [0.15, 0.2) is 0 Å². The standard InChI is InChI=1S/C18H23N3O3S.ClH/c1-13(14(2)19)18(22)20-15-8-7-11-17(12-15)25(23,24)21(3)16-9-5-4-6-10-16;/h4-14H,19H2,1-3H3,(H,20,22);1H. The van der Waals surface area contributed by atoms with E-state index in [2.05, 4.69) is 5.32 Å². The fourth-order valence-electron chi connectivity index (χ4n) is 2.16. The summed E-state index contributed by atoms with van der Waals surface area (Å²) >= 11 is 0. The number of carbonyl (C=O) groups is 1. The van der Waals surface area contributed by atoms with E-state index in [0.717, 1.165) is 0 Å². The minimum absolute atomic E-state index is 0. The molecule has 0 aromatic heterocycles. The van der Waals surface area contributed by atoms with E-state index in [1.54, 1.807) is 50.2 Å². The van der Waals surface area contributed by atoms with Gasteiger partial charge in [0, 0.05) is 18.8 Å². The number of amides is 1. The zero-order valence-electron chi connectivity index (χ0n) is 14.9.